The van der Waals surface area contributed by atoms with Crippen LogP contribution in [0.1, 0.15) is 27.8 Å². The van der Waals surface area contributed by atoms with Crippen LogP contribution in [0.3, 0.4) is 0 Å². The van der Waals surface area contributed by atoms with E-state index in [0.29, 0.717) is 0 Å². The quantitative estimate of drug-likeness (QED) is 0.720. The van der Waals surface area contributed by atoms with Crippen molar-refractivity contribution in [3.8, 4) is 0 Å². The summed E-state index contributed by atoms with van der Waals surface area (Å²) in [4.78, 5) is 24.4. The molecule has 2 aromatic carbocycles. The van der Waals surface area contributed by atoms with Crippen LogP contribution in [0.2, 0.25) is 0 Å². The van der Waals surface area contributed by atoms with Crippen LogP contribution in [0.4, 0.5) is 5.69 Å². The maximum Gasteiger partial charge on any atom is 0.243 e. The highest BCUT2D eigenvalue weighted by atomic mass is 16.3. The predicted octanol–water partition coefficient (Wildman–Crippen LogP) is 3.96. The van der Waals surface area contributed by atoms with Crippen molar-refractivity contribution in [2.24, 2.45) is 0 Å². The third kappa shape index (κ3) is 4.37. The minimum absolute atomic E-state index is 0.0690. The lowest BCUT2D eigenvalue weighted by molar-refractivity contribution is -0.123. The number of nitrogens with one attached hydrogen (secondary N) is 2. The molecule has 0 saturated carbocycles. The minimum atomic E-state index is -0.244. The van der Waals surface area contributed by atoms with Gasteiger partial charge in [0.2, 0.25) is 11.8 Å². The number of benzene rings is 2. The van der Waals surface area contributed by atoms with Gasteiger partial charge in [-0.15, -0.1) is 0 Å². The molecule has 0 atom stereocenters. The van der Waals surface area contributed by atoms with Crippen LogP contribution in [-0.4, -0.2) is 18.4 Å². The summed E-state index contributed by atoms with van der Waals surface area (Å²) < 4.78 is 5.51. The van der Waals surface area contributed by atoms with Gasteiger partial charge in [0, 0.05) is 16.6 Å². The van der Waals surface area contributed by atoms with E-state index in [-0.39, 0.29) is 24.8 Å². The smallest absolute Gasteiger partial charge is 0.243 e. The Labute approximate surface area is 158 Å². The van der Waals surface area contributed by atoms with E-state index in [9.17, 15) is 9.59 Å². The van der Waals surface area contributed by atoms with Crippen LogP contribution >= 0.6 is 0 Å². The van der Waals surface area contributed by atoms with E-state index >= 15 is 0 Å². The Bertz CT molecular complexity index is 995. The predicted molar refractivity (Wildman–Crippen MR) is 107 cm³/mol. The number of amides is 2. The van der Waals surface area contributed by atoms with E-state index in [2.05, 4.69) is 10.6 Å². The molecule has 5 nitrogen and oxygen atoms in total. The van der Waals surface area contributed by atoms with Gasteiger partial charge >= 0.3 is 0 Å². The molecule has 0 aliphatic carbocycles. The molecule has 0 bridgehead atoms. The molecule has 0 unspecified atom stereocenters. The van der Waals surface area contributed by atoms with Crippen LogP contribution in [0.25, 0.3) is 11.0 Å². The fourth-order valence-corrected chi connectivity index (χ4v) is 3.30. The fourth-order valence-electron chi connectivity index (χ4n) is 3.30. The van der Waals surface area contributed by atoms with E-state index in [1.165, 1.54) is 0 Å². The molecule has 2 amide bonds. The zero-order chi connectivity index (χ0) is 19.6. The molecule has 3 aromatic rings. The van der Waals surface area contributed by atoms with Gasteiger partial charge in [-0.3, -0.25) is 9.59 Å². The Hall–Kier alpha value is -3.08. The van der Waals surface area contributed by atoms with Crippen molar-refractivity contribution in [3.05, 3.63) is 64.4 Å². The summed E-state index contributed by atoms with van der Waals surface area (Å²) in [5.74, 6) is -0.461. The summed E-state index contributed by atoms with van der Waals surface area (Å²) in [6, 6.07) is 9.92. The maximum atomic E-state index is 12.2. The van der Waals surface area contributed by atoms with Gasteiger partial charge in [-0.1, -0.05) is 29.8 Å². The SMILES string of the molecule is Cc1cc(C)c(NC(=O)CNC(=O)Cc2coc3cc(C)ccc23)c(C)c1. The van der Waals surface area contributed by atoms with E-state index in [0.717, 1.165) is 44.5 Å². The molecule has 1 heterocycles. The van der Waals surface area contributed by atoms with Gasteiger partial charge in [0.1, 0.15) is 5.58 Å². The number of furan rings is 1. The second kappa shape index (κ2) is 7.66. The molecule has 0 aliphatic heterocycles. The molecule has 5 heteroatoms. The Kier molecular flexibility index (Phi) is 5.31. The summed E-state index contributed by atoms with van der Waals surface area (Å²) in [5, 5.41) is 6.48. The second-order valence-electron chi connectivity index (χ2n) is 7.04. The average Bonchev–Trinajstić information content (AvgIpc) is 2.98. The van der Waals surface area contributed by atoms with Crippen molar-refractivity contribution in [2.45, 2.75) is 34.1 Å². The second-order valence-corrected chi connectivity index (χ2v) is 7.04. The van der Waals surface area contributed by atoms with Gasteiger partial charge in [0.25, 0.3) is 0 Å². The third-order valence-electron chi connectivity index (χ3n) is 4.55. The molecule has 0 saturated heterocycles. The maximum absolute atomic E-state index is 12.2. The van der Waals surface area contributed by atoms with Crippen molar-refractivity contribution in [1.29, 1.82) is 0 Å². The van der Waals surface area contributed by atoms with Crippen molar-refractivity contribution in [2.75, 3.05) is 11.9 Å². The van der Waals surface area contributed by atoms with Crippen LogP contribution < -0.4 is 10.6 Å². The molecular formula is C22H24N2O3. The van der Waals surface area contributed by atoms with Gasteiger partial charge in [-0.25, -0.2) is 0 Å². The Morgan fingerprint density at radius 3 is 2.33 bits per heavy atom. The van der Waals surface area contributed by atoms with Crippen molar-refractivity contribution < 1.29 is 14.0 Å². The Morgan fingerprint density at radius 1 is 0.926 bits per heavy atom. The fraction of sp³-hybridized carbons (Fsp3) is 0.273. The molecular weight excluding hydrogens is 340 g/mol. The number of hydrogen-bond acceptors (Lipinski definition) is 3. The highest BCUT2D eigenvalue weighted by Crippen LogP contribution is 2.23. The van der Waals surface area contributed by atoms with Crippen LogP contribution in [0.5, 0.6) is 0 Å². The summed E-state index contributed by atoms with van der Waals surface area (Å²) in [5.41, 5.74) is 6.65. The number of aryl methyl sites for hydroxylation is 4. The normalized spacial score (nSPS) is 10.8. The van der Waals surface area contributed by atoms with E-state index in [1.807, 2.05) is 58.0 Å². The first-order chi connectivity index (χ1) is 12.8. The van der Waals surface area contributed by atoms with Crippen LogP contribution in [-0.2, 0) is 16.0 Å². The minimum Gasteiger partial charge on any atom is -0.464 e. The van der Waals surface area contributed by atoms with Crippen molar-refractivity contribution in [1.82, 2.24) is 5.32 Å². The molecule has 27 heavy (non-hydrogen) atoms. The number of hydrogen-bond donors (Lipinski definition) is 2. The first-order valence-corrected chi connectivity index (χ1v) is 8.94. The largest absolute Gasteiger partial charge is 0.464 e. The summed E-state index contributed by atoms with van der Waals surface area (Å²) in [7, 11) is 0. The lowest BCUT2D eigenvalue weighted by Gasteiger charge is -2.13. The first kappa shape index (κ1) is 18.7. The number of fused-ring (bicyclic) bond motifs is 1. The number of rotatable bonds is 5. The van der Waals surface area contributed by atoms with Crippen LogP contribution in [0.15, 0.2) is 41.0 Å². The lowest BCUT2D eigenvalue weighted by atomic mass is 10.1. The zero-order valence-electron chi connectivity index (χ0n) is 16.1. The molecule has 2 N–H and O–H groups in total. The van der Waals surface area contributed by atoms with Gasteiger partial charge in [-0.05, 0) is 50.5 Å². The number of anilines is 1. The summed E-state index contributed by atoms with van der Waals surface area (Å²) in [6.45, 7) is 7.86. The molecule has 3 rings (SSSR count). The molecule has 140 valence electrons. The Morgan fingerprint density at radius 2 is 1.63 bits per heavy atom. The van der Waals surface area contributed by atoms with Crippen molar-refractivity contribution >= 4 is 28.5 Å². The standard InChI is InChI=1S/C22H24N2O3/c1-13-5-6-18-17(12-27-19(18)9-13)10-20(25)23-11-21(26)24-22-15(3)7-14(2)8-16(22)4/h5-9,12H,10-11H2,1-4H3,(H,23,25)(H,24,26). The molecule has 0 radical (unpaired) electrons. The van der Waals surface area contributed by atoms with Gasteiger partial charge in [0.05, 0.1) is 19.2 Å². The number of carbonyl (C=O) groups is 2. The number of carbonyl (C=O) groups excluding carboxylic acids is 2. The Balaban J connectivity index is 1.58. The van der Waals surface area contributed by atoms with Gasteiger partial charge in [0.15, 0.2) is 0 Å². The molecule has 0 spiro atoms. The van der Waals surface area contributed by atoms with E-state index < -0.39 is 0 Å². The van der Waals surface area contributed by atoms with E-state index in [1.54, 1.807) is 6.26 Å². The zero-order valence-corrected chi connectivity index (χ0v) is 16.1. The van der Waals surface area contributed by atoms with Crippen molar-refractivity contribution in [3.63, 3.8) is 0 Å². The van der Waals surface area contributed by atoms with Gasteiger partial charge < -0.3 is 15.1 Å². The lowest BCUT2D eigenvalue weighted by Crippen LogP contribution is -2.34. The average molecular weight is 364 g/mol. The molecule has 0 aliphatic rings. The van der Waals surface area contributed by atoms with Crippen LogP contribution in [0, 0.1) is 27.7 Å². The molecule has 1 aromatic heterocycles. The topological polar surface area (TPSA) is 71.3 Å². The first-order valence-electron chi connectivity index (χ1n) is 8.94. The molecule has 0 fully saturated rings. The van der Waals surface area contributed by atoms with Gasteiger partial charge in [-0.2, -0.15) is 0 Å². The monoisotopic (exact) mass is 364 g/mol. The highest BCUT2D eigenvalue weighted by molar-refractivity contribution is 5.96. The third-order valence-corrected chi connectivity index (χ3v) is 4.55. The summed E-state index contributed by atoms with van der Waals surface area (Å²) in [6.07, 6.45) is 1.77. The highest BCUT2D eigenvalue weighted by Gasteiger charge is 2.13. The summed E-state index contributed by atoms with van der Waals surface area (Å²) >= 11 is 0. The van der Waals surface area contributed by atoms with E-state index in [4.69, 9.17) is 4.42 Å².